The summed E-state index contributed by atoms with van der Waals surface area (Å²) in [6.45, 7) is 2.15. The lowest BCUT2D eigenvalue weighted by Gasteiger charge is -2.06. The molecule has 0 fully saturated rings. The molecular weight excluding hydrogens is 286 g/mol. The molecule has 1 aromatic rings. The molecule has 1 aromatic heterocycles. The van der Waals surface area contributed by atoms with E-state index in [0.717, 1.165) is 31.5 Å². The minimum absolute atomic E-state index is 0.0282. The third-order valence-electron chi connectivity index (χ3n) is 3.34. The van der Waals surface area contributed by atoms with E-state index in [-0.39, 0.29) is 23.1 Å². The van der Waals surface area contributed by atoms with Crippen molar-refractivity contribution in [1.82, 2.24) is 0 Å². The molecule has 0 aliphatic rings. The Bertz CT molecular complexity index is 562. The molecule has 1 N–H and O–H groups in total. The summed E-state index contributed by atoms with van der Waals surface area (Å²) in [5.74, 6) is -0.396. The summed E-state index contributed by atoms with van der Waals surface area (Å²) in [7, 11) is 1.32. The van der Waals surface area contributed by atoms with Crippen LogP contribution in [-0.4, -0.2) is 24.3 Å². The first-order chi connectivity index (χ1) is 10.6. The quantitative estimate of drug-likeness (QED) is 0.235. The van der Waals surface area contributed by atoms with Crippen molar-refractivity contribution in [3.63, 3.8) is 0 Å². The highest BCUT2D eigenvalue weighted by molar-refractivity contribution is 5.98. The van der Waals surface area contributed by atoms with Crippen molar-refractivity contribution in [2.75, 3.05) is 7.11 Å². The van der Waals surface area contributed by atoms with Gasteiger partial charge in [-0.3, -0.25) is 9.59 Å². The number of oxime groups is 1. The van der Waals surface area contributed by atoms with Gasteiger partial charge < -0.3 is 14.4 Å². The summed E-state index contributed by atoms with van der Waals surface area (Å²) in [5, 5.41) is 11.2. The van der Waals surface area contributed by atoms with Crippen molar-refractivity contribution < 1.29 is 19.2 Å². The third kappa shape index (κ3) is 5.35. The molecule has 6 heteroatoms. The summed E-state index contributed by atoms with van der Waals surface area (Å²) >= 11 is 0. The Labute approximate surface area is 129 Å². The number of Topliss-reactive ketones (excluding diaryl/α,β-unsaturated/α-hetero) is 1. The van der Waals surface area contributed by atoms with Crippen molar-refractivity contribution >= 4 is 12.0 Å². The molecule has 0 unspecified atom stereocenters. The Morgan fingerprint density at radius 1 is 1.32 bits per heavy atom. The predicted octanol–water partition coefficient (Wildman–Crippen LogP) is 3.39. The number of hydrogen-bond acceptors (Lipinski definition) is 6. The van der Waals surface area contributed by atoms with E-state index >= 15 is 0 Å². The highest BCUT2D eigenvalue weighted by atomic mass is 16.6. The fourth-order valence-electron chi connectivity index (χ4n) is 2.20. The average molecular weight is 309 g/mol. The molecule has 122 valence electrons. The van der Waals surface area contributed by atoms with Crippen LogP contribution in [0.25, 0.3) is 0 Å². The van der Waals surface area contributed by atoms with E-state index in [2.05, 4.69) is 12.1 Å². The molecule has 0 aliphatic carbocycles. The molecule has 1 rings (SSSR count). The number of carbonyl (C=O) groups is 1. The van der Waals surface area contributed by atoms with Gasteiger partial charge in [0.15, 0.2) is 17.0 Å². The lowest BCUT2D eigenvalue weighted by Crippen LogP contribution is -2.16. The van der Waals surface area contributed by atoms with E-state index in [1.54, 1.807) is 0 Å². The van der Waals surface area contributed by atoms with Crippen LogP contribution in [0.3, 0.4) is 0 Å². The molecule has 0 bridgehead atoms. The molecule has 22 heavy (non-hydrogen) atoms. The smallest absolute Gasteiger partial charge is 0.299 e. The Morgan fingerprint density at radius 2 is 2.00 bits per heavy atom. The number of unbranched alkanes of at least 4 members (excludes halogenated alkanes) is 5. The standard InChI is InChI=1S/C16H23NO5/c1-3-4-5-6-7-8-9-13(18)15-14(19)10-12(11-17-20)22-16(15)21-2/h10-11,20H,3-9H2,1-2H3/b17-11+. The van der Waals surface area contributed by atoms with E-state index < -0.39 is 5.43 Å². The first-order valence-corrected chi connectivity index (χ1v) is 7.56. The van der Waals surface area contributed by atoms with Crippen molar-refractivity contribution in [2.24, 2.45) is 5.16 Å². The Kier molecular flexibility index (Phi) is 7.96. The first kappa shape index (κ1) is 17.9. The highest BCUT2D eigenvalue weighted by Crippen LogP contribution is 2.19. The second-order valence-corrected chi connectivity index (χ2v) is 5.07. The van der Waals surface area contributed by atoms with Crippen LogP contribution >= 0.6 is 0 Å². The zero-order chi connectivity index (χ0) is 16.4. The van der Waals surface area contributed by atoms with Gasteiger partial charge in [-0.05, 0) is 6.42 Å². The Hall–Kier alpha value is -2.11. The minimum Gasteiger partial charge on any atom is -0.468 e. The van der Waals surface area contributed by atoms with Crippen LogP contribution in [-0.2, 0) is 0 Å². The lowest BCUT2D eigenvalue weighted by molar-refractivity contribution is 0.0969. The van der Waals surface area contributed by atoms with Crippen molar-refractivity contribution in [3.05, 3.63) is 27.6 Å². The Morgan fingerprint density at radius 3 is 2.64 bits per heavy atom. The summed E-state index contributed by atoms with van der Waals surface area (Å²) in [4.78, 5) is 24.2. The van der Waals surface area contributed by atoms with Gasteiger partial charge in [-0.1, -0.05) is 44.2 Å². The summed E-state index contributed by atoms with van der Waals surface area (Å²) in [6, 6.07) is 1.11. The van der Waals surface area contributed by atoms with E-state index in [1.165, 1.54) is 26.4 Å². The maximum Gasteiger partial charge on any atom is 0.299 e. The monoisotopic (exact) mass is 309 g/mol. The van der Waals surface area contributed by atoms with Crippen molar-refractivity contribution in [1.29, 1.82) is 0 Å². The van der Waals surface area contributed by atoms with Gasteiger partial charge >= 0.3 is 0 Å². The molecule has 0 radical (unpaired) electrons. The van der Waals surface area contributed by atoms with Crippen LogP contribution in [0.15, 0.2) is 20.4 Å². The Balaban J connectivity index is 2.70. The van der Waals surface area contributed by atoms with E-state index in [9.17, 15) is 9.59 Å². The second-order valence-electron chi connectivity index (χ2n) is 5.07. The van der Waals surface area contributed by atoms with E-state index in [0.29, 0.717) is 6.42 Å². The summed E-state index contributed by atoms with van der Waals surface area (Å²) in [5.41, 5.74) is -0.569. The number of ether oxygens (including phenoxy) is 1. The molecule has 0 aromatic carbocycles. The van der Waals surface area contributed by atoms with Crippen LogP contribution in [0.1, 0.15) is 68.0 Å². The number of methoxy groups -OCH3 is 1. The van der Waals surface area contributed by atoms with Crippen LogP contribution < -0.4 is 10.2 Å². The largest absolute Gasteiger partial charge is 0.468 e. The zero-order valence-corrected chi connectivity index (χ0v) is 13.1. The highest BCUT2D eigenvalue weighted by Gasteiger charge is 2.19. The normalized spacial score (nSPS) is 11.0. The molecule has 0 aliphatic heterocycles. The number of hydrogen-bond donors (Lipinski definition) is 1. The van der Waals surface area contributed by atoms with Gasteiger partial charge in [0.1, 0.15) is 11.8 Å². The number of ketones is 1. The van der Waals surface area contributed by atoms with E-state index in [4.69, 9.17) is 14.4 Å². The lowest BCUT2D eigenvalue weighted by atomic mass is 10.0. The van der Waals surface area contributed by atoms with Gasteiger partial charge in [-0.15, -0.1) is 0 Å². The van der Waals surface area contributed by atoms with Crippen LogP contribution in [0.4, 0.5) is 0 Å². The number of rotatable bonds is 10. The van der Waals surface area contributed by atoms with Gasteiger partial charge in [0.05, 0.1) is 7.11 Å². The molecular formula is C16H23NO5. The van der Waals surface area contributed by atoms with Crippen LogP contribution in [0.2, 0.25) is 0 Å². The zero-order valence-electron chi connectivity index (χ0n) is 13.1. The molecule has 0 saturated carbocycles. The molecule has 0 amide bonds. The van der Waals surface area contributed by atoms with Gasteiger partial charge in [0, 0.05) is 12.5 Å². The summed E-state index contributed by atoms with van der Waals surface area (Å²) in [6.07, 6.45) is 7.62. The predicted molar refractivity (Wildman–Crippen MR) is 83.2 cm³/mol. The third-order valence-corrected chi connectivity index (χ3v) is 3.34. The fourth-order valence-corrected chi connectivity index (χ4v) is 2.20. The topological polar surface area (TPSA) is 89.1 Å². The van der Waals surface area contributed by atoms with E-state index in [1.807, 2.05) is 0 Å². The maximum absolute atomic E-state index is 12.2. The van der Waals surface area contributed by atoms with Gasteiger partial charge in [0.2, 0.25) is 0 Å². The SMILES string of the molecule is CCCCCCCCC(=O)c1c(OC)oc(/C=N/O)cc1=O. The van der Waals surface area contributed by atoms with Crippen molar-refractivity contribution in [3.8, 4) is 5.95 Å². The summed E-state index contributed by atoms with van der Waals surface area (Å²) < 4.78 is 10.2. The molecule has 0 spiro atoms. The molecule has 6 nitrogen and oxygen atoms in total. The minimum atomic E-state index is -0.492. The maximum atomic E-state index is 12.2. The number of nitrogens with zero attached hydrogens (tertiary/aromatic N) is 1. The van der Waals surface area contributed by atoms with Gasteiger partial charge in [-0.2, -0.15) is 0 Å². The first-order valence-electron chi connectivity index (χ1n) is 7.56. The average Bonchev–Trinajstić information content (AvgIpc) is 2.50. The second kappa shape index (κ2) is 9.76. The number of carbonyl (C=O) groups excluding carboxylic acids is 1. The van der Waals surface area contributed by atoms with Gasteiger partial charge in [-0.25, -0.2) is 0 Å². The van der Waals surface area contributed by atoms with Crippen LogP contribution in [0.5, 0.6) is 5.95 Å². The van der Waals surface area contributed by atoms with Gasteiger partial charge in [0.25, 0.3) is 5.95 Å². The molecule has 0 atom stereocenters. The van der Waals surface area contributed by atoms with Crippen LogP contribution in [0, 0.1) is 0 Å². The van der Waals surface area contributed by atoms with Crippen molar-refractivity contribution in [2.45, 2.75) is 51.9 Å². The molecule has 1 heterocycles. The molecule has 0 saturated heterocycles. The fraction of sp³-hybridized carbons (Fsp3) is 0.562.